The monoisotopic (exact) mass is 259 g/mol. The topological polar surface area (TPSA) is 58.4 Å². The van der Waals surface area contributed by atoms with Gasteiger partial charge in [0.05, 0.1) is 6.20 Å². The highest BCUT2D eigenvalue weighted by Crippen LogP contribution is 2.22. The van der Waals surface area contributed by atoms with Crippen LogP contribution in [-0.4, -0.2) is 43.1 Å². The highest BCUT2D eigenvalue weighted by atomic mass is 16.5. The summed E-state index contributed by atoms with van der Waals surface area (Å²) in [5.74, 6) is 0.338. The van der Waals surface area contributed by atoms with E-state index in [4.69, 9.17) is 4.52 Å². The second kappa shape index (κ2) is 6.15. The Bertz CT molecular complexity index is 535. The van der Waals surface area contributed by atoms with Gasteiger partial charge in [0.25, 0.3) is 5.91 Å². The summed E-state index contributed by atoms with van der Waals surface area (Å²) in [6.45, 7) is 1.38. The van der Waals surface area contributed by atoms with Gasteiger partial charge in [0.2, 0.25) is 0 Å². The van der Waals surface area contributed by atoms with Gasteiger partial charge in [0, 0.05) is 18.7 Å². The Kier molecular flexibility index (Phi) is 4.30. The second-order valence-electron chi connectivity index (χ2n) is 4.49. The number of carbonyl (C=O) groups excluding carboxylic acids is 1. The van der Waals surface area contributed by atoms with Gasteiger partial charge in [0.15, 0.2) is 5.76 Å². The van der Waals surface area contributed by atoms with Crippen LogP contribution in [0.4, 0.5) is 0 Å². The molecule has 1 aromatic heterocycles. The number of rotatable bonds is 5. The predicted octanol–water partition coefficient (Wildman–Crippen LogP) is 1.63. The highest BCUT2D eigenvalue weighted by molar-refractivity contribution is 5.99. The molecule has 1 aromatic carbocycles. The molecule has 1 heterocycles. The molecule has 0 radical (unpaired) electrons. The van der Waals surface area contributed by atoms with Gasteiger partial charge in [-0.3, -0.25) is 4.79 Å². The van der Waals surface area contributed by atoms with Crippen LogP contribution < -0.4 is 5.32 Å². The van der Waals surface area contributed by atoms with Gasteiger partial charge < -0.3 is 14.7 Å². The van der Waals surface area contributed by atoms with Crippen molar-refractivity contribution >= 4 is 5.91 Å². The van der Waals surface area contributed by atoms with E-state index in [2.05, 4.69) is 10.5 Å². The fourth-order valence-corrected chi connectivity index (χ4v) is 1.69. The minimum atomic E-state index is -0.165. The molecule has 1 N–H and O–H groups in total. The van der Waals surface area contributed by atoms with Crippen LogP contribution in [0, 0.1) is 0 Å². The standard InChI is InChI=1S/C14H17N3O2/c1-17(2)9-8-15-14(18)12-10-16-19-13(12)11-6-4-3-5-7-11/h3-7,10H,8-9H2,1-2H3,(H,15,18). The summed E-state index contributed by atoms with van der Waals surface area (Å²) in [5.41, 5.74) is 1.31. The maximum absolute atomic E-state index is 12.1. The number of amides is 1. The van der Waals surface area contributed by atoms with Crippen molar-refractivity contribution in [3.05, 3.63) is 42.1 Å². The third-order valence-corrected chi connectivity index (χ3v) is 2.70. The molecule has 2 aromatic rings. The number of nitrogens with zero attached hydrogens (tertiary/aromatic N) is 2. The number of benzene rings is 1. The lowest BCUT2D eigenvalue weighted by atomic mass is 10.1. The Morgan fingerprint density at radius 2 is 2.05 bits per heavy atom. The molecule has 1 amide bonds. The molecule has 0 atom stereocenters. The Hall–Kier alpha value is -2.14. The van der Waals surface area contributed by atoms with Gasteiger partial charge in [0.1, 0.15) is 5.56 Å². The van der Waals surface area contributed by atoms with Gasteiger partial charge in [-0.2, -0.15) is 0 Å². The summed E-state index contributed by atoms with van der Waals surface area (Å²) in [7, 11) is 3.92. The fraction of sp³-hybridized carbons (Fsp3) is 0.286. The summed E-state index contributed by atoms with van der Waals surface area (Å²) in [6, 6.07) is 9.47. The van der Waals surface area contributed by atoms with Gasteiger partial charge in [-0.25, -0.2) is 0 Å². The van der Waals surface area contributed by atoms with Crippen molar-refractivity contribution in [3.63, 3.8) is 0 Å². The van der Waals surface area contributed by atoms with E-state index in [1.54, 1.807) is 0 Å². The van der Waals surface area contributed by atoms with Crippen molar-refractivity contribution in [3.8, 4) is 11.3 Å². The predicted molar refractivity (Wildman–Crippen MR) is 72.8 cm³/mol. The van der Waals surface area contributed by atoms with E-state index < -0.39 is 0 Å². The Morgan fingerprint density at radius 1 is 1.32 bits per heavy atom. The molecule has 2 rings (SSSR count). The summed E-state index contributed by atoms with van der Waals surface area (Å²) in [4.78, 5) is 14.1. The van der Waals surface area contributed by atoms with E-state index in [1.807, 2.05) is 49.3 Å². The summed E-state index contributed by atoms with van der Waals surface area (Å²) < 4.78 is 5.18. The van der Waals surface area contributed by atoms with Crippen molar-refractivity contribution in [2.45, 2.75) is 0 Å². The summed E-state index contributed by atoms with van der Waals surface area (Å²) in [5, 5.41) is 6.56. The van der Waals surface area contributed by atoms with E-state index in [9.17, 15) is 4.79 Å². The van der Waals surface area contributed by atoms with Crippen LogP contribution in [0.1, 0.15) is 10.4 Å². The lowest BCUT2D eigenvalue weighted by molar-refractivity contribution is 0.0951. The van der Waals surface area contributed by atoms with Gasteiger partial charge in [-0.05, 0) is 14.1 Å². The molecule has 0 aliphatic heterocycles. The highest BCUT2D eigenvalue weighted by Gasteiger charge is 2.17. The molecule has 0 aliphatic rings. The number of carbonyl (C=O) groups is 1. The first-order valence-corrected chi connectivity index (χ1v) is 6.11. The lowest BCUT2D eigenvalue weighted by Gasteiger charge is -2.10. The molecule has 0 saturated carbocycles. The maximum Gasteiger partial charge on any atom is 0.256 e. The summed E-state index contributed by atoms with van der Waals surface area (Å²) in [6.07, 6.45) is 1.45. The van der Waals surface area contributed by atoms with Crippen molar-refractivity contribution < 1.29 is 9.32 Å². The zero-order valence-corrected chi connectivity index (χ0v) is 11.1. The molecule has 0 aliphatic carbocycles. The normalized spacial score (nSPS) is 10.7. The van der Waals surface area contributed by atoms with E-state index in [1.165, 1.54) is 6.20 Å². The molecular weight excluding hydrogens is 242 g/mol. The van der Waals surface area contributed by atoms with E-state index >= 15 is 0 Å². The maximum atomic E-state index is 12.1. The number of hydrogen-bond acceptors (Lipinski definition) is 4. The van der Waals surface area contributed by atoms with Crippen LogP contribution in [0.2, 0.25) is 0 Å². The van der Waals surface area contributed by atoms with Crippen LogP contribution in [0.5, 0.6) is 0 Å². The molecule has 100 valence electrons. The Morgan fingerprint density at radius 3 is 2.74 bits per heavy atom. The molecule has 5 heteroatoms. The first kappa shape index (κ1) is 13.3. The van der Waals surface area contributed by atoms with E-state index in [0.29, 0.717) is 17.9 Å². The first-order valence-electron chi connectivity index (χ1n) is 6.11. The zero-order valence-electron chi connectivity index (χ0n) is 11.1. The first-order chi connectivity index (χ1) is 9.18. The average molecular weight is 259 g/mol. The molecule has 5 nitrogen and oxygen atoms in total. The summed E-state index contributed by atoms with van der Waals surface area (Å²) >= 11 is 0. The van der Waals surface area contributed by atoms with Crippen molar-refractivity contribution in [1.29, 1.82) is 0 Å². The van der Waals surface area contributed by atoms with Gasteiger partial charge in [-0.1, -0.05) is 35.5 Å². The largest absolute Gasteiger partial charge is 0.355 e. The molecule has 19 heavy (non-hydrogen) atoms. The molecule has 0 saturated heterocycles. The minimum absolute atomic E-state index is 0.165. The van der Waals surface area contributed by atoms with E-state index in [0.717, 1.165) is 12.1 Å². The molecule has 0 bridgehead atoms. The third kappa shape index (κ3) is 3.42. The van der Waals surface area contributed by atoms with Crippen LogP contribution in [0.3, 0.4) is 0 Å². The fourth-order valence-electron chi connectivity index (χ4n) is 1.69. The van der Waals surface area contributed by atoms with Gasteiger partial charge in [-0.15, -0.1) is 0 Å². The van der Waals surface area contributed by atoms with Crippen molar-refractivity contribution in [1.82, 2.24) is 15.4 Å². The number of hydrogen-bond donors (Lipinski definition) is 1. The molecule has 0 unspecified atom stereocenters. The van der Waals surface area contributed by atoms with Crippen LogP contribution in [-0.2, 0) is 0 Å². The SMILES string of the molecule is CN(C)CCNC(=O)c1cnoc1-c1ccccc1. The smallest absolute Gasteiger partial charge is 0.256 e. The number of nitrogens with one attached hydrogen (secondary N) is 1. The zero-order chi connectivity index (χ0) is 13.7. The molecular formula is C14H17N3O2. The Labute approximate surface area is 112 Å². The third-order valence-electron chi connectivity index (χ3n) is 2.70. The lowest BCUT2D eigenvalue weighted by Crippen LogP contribution is -2.31. The van der Waals surface area contributed by atoms with Crippen molar-refractivity contribution in [2.75, 3.05) is 27.2 Å². The molecule has 0 fully saturated rings. The van der Waals surface area contributed by atoms with Gasteiger partial charge >= 0.3 is 0 Å². The van der Waals surface area contributed by atoms with Crippen LogP contribution in [0.15, 0.2) is 41.1 Å². The van der Waals surface area contributed by atoms with Crippen LogP contribution in [0.25, 0.3) is 11.3 Å². The quantitative estimate of drug-likeness (QED) is 0.886. The van der Waals surface area contributed by atoms with Crippen LogP contribution >= 0.6 is 0 Å². The molecule has 0 spiro atoms. The average Bonchev–Trinajstić information content (AvgIpc) is 2.88. The number of aromatic nitrogens is 1. The minimum Gasteiger partial charge on any atom is -0.355 e. The number of likely N-dealkylation sites (N-methyl/N-ethyl adjacent to an activating group) is 1. The Balaban J connectivity index is 2.09. The van der Waals surface area contributed by atoms with Crippen molar-refractivity contribution in [2.24, 2.45) is 0 Å². The second-order valence-corrected chi connectivity index (χ2v) is 4.49. The van der Waals surface area contributed by atoms with E-state index in [-0.39, 0.29) is 5.91 Å².